The maximum atomic E-state index is 12.1. The van der Waals surface area contributed by atoms with Crippen LogP contribution in [0.5, 0.6) is 0 Å². The molecule has 212 valence electrons. The summed E-state index contributed by atoms with van der Waals surface area (Å²) in [5.41, 5.74) is 4.45. The van der Waals surface area contributed by atoms with Gasteiger partial charge in [-0.1, -0.05) is 95.0 Å². The van der Waals surface area contributed by atoms with Gasteiger partial charge in [0.1, 0.15) is 0 Å². The van der Waals surface area contributed by atoms with Crippen LogP contribution in [0.15, 0.2) is 107 Å². The van der Waals surface area contributed by atoms with Crippen LogP contribution >= 0.6 is 11.6 Å². The molecule has 0 spiro atoms. The topological polar surface area (TPSA) is 140 Å². The van der Waals surface area contributed by atoms with Gasteiger partial charge in [0.15, 0.2) is 5.78 Å². The summed E-state index contributed by atoms with van der Waals surface area (Å²) in [4.78, 5) is 11.9. The molecule has 5 rings (SSSR count). The number of rotatable bonds is 3. The maximum Gasteiger partial charge on any atom is 1.00 e. The number of benzene rings is 4. The molecule has 0 amide bonds. The number of hydrogen-bond donors (Lipinski definition) is 2. The Morgan fingerprint density at radius 2 is 1.15 bits per heavy atom. The minimum atomic E-state index is -4.02. The van der Waals surface area contributed by atoms with Gasteiger partial charge in [0.05, 0.1) is 9.79 Å². The summed E-state index contributed by atoms with van der Waals surface area (Å²) in [5, 5.41) is 5.33. The number of carbonyl (C=O) groups excluding carboxylic acids is 1. The summed E-state index contributed by atoms with van der Waals surface area (Å²) < 4.78 is 59.1. The third-order valence-corrected chi connectivity index (χ3v) is 7.76. The van der Waals surface area contributed by atoms with Gasteiger partial charge < -0.3 is 5.32 Å². The van der Waals surface area contributed by atoms with E-state index in [0.29, 0.717) is 11.4 Å². The van der Waals surface area contributed by atoms with Gasteiger partial charge in [0, 0.05) is 17.0 Å². The van der Waals surface area contributed by atoms with Crippen molar-refractivity contribution in [2.45, 2.75) is 36.1 Å². The molecule has 1 unspecified atom stereocenters. The molecule has 0 radical (unpaired) electrons. The molecule has 0 saturated heterocycles. The van der Waals surface area contributed by atoms with Gasteiger partial charge in [0.2, 0.25) is 0 Å². The molecule has 4 aromatic carbocycles. The SMILES string of the molecule is Cc1ccc(S(=O)(=O)O)cc1.Cc1ccc(S(=O)(=O)O)cc1.O=C1CC(c2ccc(Cl)cc2)[N-]c2ccccc21.[Tl+]. The van der Waals surface area contributed by atoms with Crippen LogP contribution in [0.2, 0.25) is 5.02 Å². The minimum Gasteiger partial charge on any atom is -0.677 e. The Morgan fingerprint density at radius 3 is 1.59 bits per heavy atom. The number of hydrogen-bond acceptors (Lipinski definition) is 5. The molecular weight excluding hydrogens is 778 g/mol. The predicted octanol–water partition coefficient (Wildman–Crippen LogP) is 6.78. The van der Waals surface area contributed by atoms with E-state index in [-0.39, 0.29) is 48.9 Å². The van der Waals surface area contributed by atoms with Crippen LogP contribution in [0.3, 0.4) is 0 Å². The van der Waals surface area contributed by atoms with E-state index in [1.54, 1.807) is 24.3 Å². The molecule has 1 aliphatic rings. The molecule has 8 nitrogen and oxygen atoms in total. The third kappa shape index (κ3) is 10.6. The van der Waals surface area contributed by atoms with Crippen molar-refractivity contribution < 1.29 is 30.7 Å². The van der Waals surface area contributed by atoms with Gasteiger partial charge in [-0.15, -0.1) is 5.69 Å². The van der Waals surface area contributed by atoms with Crippen LogP contribution in [0.1, 0.15) is 39.5 Å². The zero-order valence-corrected chi connectivity index (χ0v) is 29.1. The Labute approximate surface area is 265 Å². The molecule has 0 fully saturated rings. The zero-order valence-electron chi connectivity index (χ0n) is 22.2. The smallest absolute Gasteiger partial charge is 0.677 e. The Bertz CT molecular complexity index is 1600. The number of ketones is 1. The molecule has 41 heavy (non-hydrogen) atoms. The molecule has 0 saturated carbocycles. The van der Waals surface area contributed by atoms with E-state index >= 15 is 0 Å². The van der Waals surface area contributed by atoms with Crippen LogP contribution in [-0.4, -0.2) is 59.0 Å². The first-order chi connectivity index (χ1) is 18.7. The minimum absolute atomic E-state index is 0. The van der Waals surface area contributed by atoms with Crippen LogP contribution in [0, 0.1) is 13.8 Å². The van der Waals surface area contributed by atoms with Crippen molar-refractivity contribution in [2.75, 3.05) is 0 Å². The van der Waals surface area contributed by atoms with E-state index in [2.05, 4.69) is 5.32 Å². The fraction of sp³-hybridized carbons (Fsp3) is 0.138. The van der Waals surface area contributed by atoms with Crippen LogP contribution in [0.4, 0.5) is 5.69 Å². The summed E-state index contributed by atoms with van der Waals surface area (Å²) >= 11 is 5.86. The van der Waals surface area contributed by atoms with Gasteiger partial charge in [0.25, 0.3) is 20.2 Å². The van der Waals surface area contributed by atoms with E-state index in [4.69, 9.17) is 20.7 Å². The summed E-state index contributed by atoms with van der Waals surface area (Å²) in [6.45, 7) is 3.68. The average Bonchev–Trinajstić information content (AvgIpc) is 2.89. The second-order valence-corrected chi connectivity index (χ2v) is 12.2. The van der Waals surface area contributed by atoms with Gasteiger partial charge >= 0.3 is 27.3 Å². The molecule has 0 aromatic heterocycles. The molecule has 1 aliphatic heterocycles. The quantitative estimate of drug-likeness (QED) is 0.172. The molecule has 0 aliphatic carbocycles. The Morgan fingerprint density at radius 1 is 0.707 bits per heavy atom. The number of Topliss-reactive ketones (excluding diaryl/α,β-unsaturated/α-hetero) is 1. The summed E-state index contributed by atoms with van der Waals surface area (Å²) in [5.74, 6) is 0.153. The summed E-state index contributed by atoms with van der Waals surface area (Å²) in [6, 6.07) is 26.9. The van der Waals surface area contributed by atoms with Crippen LogP contribution in [0.25, 0.3) is 5.32 Å². The van der Waals surface area contributed by atoms with Gasteiger partial charge in [-0.05, 0) is 50.2 Å². The Hall–Kier alpha value is -2.62. The fourth-order valence-electron chi connectivity index (χ4n) is 3.62. The van der Waals surface area contributed by atoms with E-state index in [1.165, 1.54) is 24.3 Å². The zero-order chi connectivity index (χ0) is 29.5. The van der Waals surface area contributed by atoms with Crippen LogP contribution < -0.4 is 0 Å². The molecule has 0 bridgehead atoms. The van der Waals surface area contributed by atoms with Crippen LogP contribution in [-0.2, 0) is 20.2 Å². The second kappa shape index (κ2) is 15.0. The largest absolute Gasteiger partial charge is 1.00 e. The van der Waals surface area contributed by atoms with Crippen molar-refractivity contribution in [2.24, 2.45) is 0 Å². The molecule has 1 heterocycles. The summed E-state index contributed by atoms with van der Waals surface area (Å²) in [7, 11) is -8.04. The third-order valence-electron chi connectivity index (χ3n) is 5.77. The predicted molar refractivity (Wildman–Crippen MR) is 160 cm³/mol. The van der Waals surface area contributed by atoms with Crippen molar-refractivity contribution in [1.29, 1.82) is 0 Å². The first kappa shape index (κ1) is 34.6. The van der Waals surface area contributed by atoms with Gasteiger partial charge in [-0.25, -0.2) is 0 Å². The molecule has 1 atom stereocenters. The maximum absolute atomic E-state index is 12.1. The van der Waals surface area contributed by atoms with Crippen molar-refractivity contribution >= 4 is 70.6 Å². The van der Waals surface area contributed by atoms with Crippen molar-refractivity contribution in [3.05, 3.63) is 130 Å². The van der Waals surface area contributed by atoms with Crippen molar-refractivity contribution in [3.63, 3.8) is 0 Å². The monoisotopic (exact) mass is 805 g/mol. The number of fused-ring (bicyclic) bond motifs is 1. The second-order valence-electron chi connectivity index (χ2n) is 8.92. The molecular formula is C29H27ClNO7S2Tl. The molecule has 12 heteroatoms. The van der Waals surface area contributed by atoms with Gasteiger partial charge in [-0.3, -0.25) is 13.9 Å². The van der Waals surface area contributed by atoms with Crippen molar-refractivity contribution in [1.82, 2.24) is 0 Å². The van der Waals surface area contributed by atoms with Crippen molar-refractivity contribution in [3.8, 4) is 0 Å². The number of nitrogens with zero attached hydrogens (tertiary/aromatic N) is 1. The first-order valence-electron chi connectivity index (χ1n) is 11.9. The molecule has 2 N–H and O–H groups in total. The first-order valence-corrected chi connectivity index (χ1v) is 15.2. The Balaban J connectivity index is 0.000000224. The number of carbonyl (C=O) groups is 1. The van der Waals surface area contributed by atoms with E-state index < -0.39 is 20.2 Å². The van der Waals surface area contributed by atoms with E-state index in [1.807, 2.05) is 62.4 Å². The fourth-order valence-corrected chi connectivity index (χ4v) is 4.70. The van der Waals surface area contributed by atoms with E-state index in [0.717, 1.165) is 27.9 Å². The Kier molecular flexibility index (Phi) is 12.7. The standard InChI is InChI=1S/C15H12ClNO.2C7H8O3S.Tl/c16-11-7-5-10(6-8-11)14-9-15(18)12-3-1-2-4-13(12)17-14;2*1-6-2-4-7(5-3-6)11(8,9)10;/h1-8,14H,9H2,(H,17,18);2*2-5H,1H3,(H,8,9,10);/q;;;+1/p-1. The molecule has 4 aromatic rings. The number of para-hydroxylation sites is 1. The van der Waals surface area contributed by atoms with Gasteiger partial charge in [-0.2, -0.15) is 16.8 Å². The normalized spacial score (nSPS) is 14.1. The summed E-state index contributed by atoms with van der Waals surface area (Å²) in [6.07, 6.45) is 0.429. The average molecular weight is 806 g/mol. The number of halogens is 1. The number of aryl methyl sites for hydroxylation is 2. The van der Waals surface area contributed by atoms with E-state index in [9.17, 15) is 21.6 Å².